The van der Waals surface area contributed by atoms with Gasteiger partial charge in [-0.1, -0.05) is 79.5 Å². The van der Waals surface area contributed by atoms with E-state index in [0.717, 1.165) is 16.3 Å². The Morgan fingerprint density at radius 1 is 0.900 bits per heavy atom. The molecule has 0 heterocycles. The normalized spacial score (nSPS) is 12.8. The van der Waals surface area contributed by atoms with Crippen molar-refractivity contribution < 1.29 is 18.0 Å². The highest BCUT2D eigenvalue weighted by molar-refractivity contribution is 7.92. The van der Waals surface area contributed by atoms with E-state index >= 15 is 0 Å². The number of benzene rings is 3. The Bertz CT molecular complexity index is 1430. The van der Waals surface area contributed by atoms with Gasteiger partial charge >= 0.3 is 0 Å². The number of nitrogens with one attached hydrogen (secondary N) is 1. The molecule has 3 aromatic carbocycles. The summed E-state index contributed by atoms with van der Waals surface area (Å²) in [6, 6.07) is 18.8. The molecule has 0 bridgehead atoms. The van der Waals surface area contributed by atoms with E-state index in [1.165, 1.54) is 23.1 Å². The molecule has 3 rings (SSSR count). The molecule has 0 aliphatic rings. The number of rotatable bonds is 12. The standard InChI is InChI=1S/C30H35Cl2N3O4S/c1-5-22(4)33-30(37)28(6-2)34(19-23-12-10-11-15-26(23)31)29(36)20-35(24-17-16-21(3)27(32)18-24)40(38,39)25-13-8-7-9-14-25/h7-18,22,28H,5-6,19-20H2,1-4H3,(H,33,37)/t22-,28+/m1/s1. The van der Waals surface area contributed by atoms with Crippen molar-refractivity contribution in [2.75, 3.05) is 10.8 Å². The Balaban J connectivity index is 2.08. The summed E-state index contributed by atoms with van der Waals surface area (Å²) in [5, 5.41) is 3.76. The Morgan fingerprint density at radius 2 is 1.55 bits per heavy atom. The van der Waals surface area contributed by atoms with Gasteiger partial charge in [-0.05, 0) is 68.1 Å². The Labute approximate surface area is 247 Å². The maximum Gasteiger partial charge on any atom is 0.264 e. The zero-order valence-electron chi connectivity index (χ0n) is 23.1. The highest BCUT2D eigenvalue weighted by Crippen LogP contribution is 2.29. The number of carbonyl (C=O) groups excluding carboxylic acids is 2. The van der Waals surface area contributed by atoms with Gasteiger partial charge in [0.05, 0.1) is 10.6 Å². The number of sulfonamides is 1. The first-order chi connectivity index (χ1) is 19.0. The first kappa shape index (κ1) is 31.5. The Morgan fingerprint density at radius 3 is 2.15 bits per heavy atom. The minimum absolute atomic E-state index is 0.0266. The number of hydrogen-bond acceptors (Lipinski definition) is 4. The summed E-state index contributed by atoms with van der Waals surface area (Å²) in [5.41, 5.74) is 1.65. The maximum absolute atomic E-state index is 14.1. The number of hydrogen-bond donors (Lipinski definition) is 1. The van der Waals surface area contributed by atoms with Crippen LogP contribution in [0.4, 0.5) is 5.69 Å². The van der Waals surface area contributed by atoms with Gasteiger partial charge in [0.1, 0.15) is 12.6 Å². The number of carbonyl (C=O) groups is 2. The Hall–Kier alpha value is -3.07. The number of aryl methyl sites for hydroxylation is 1. The average molecular weight is 605 g/mol. The fourth-order valence-electron chi connectivity index (χ4n) is 4.16. The fourth-order valence-corrected chi connectivity index (χ4v) is 5.95. The first-order valence-electron chi connectivity index (χ1n) is 13.2. The maximum atomic E-state index is 14.1. The number of halogens is 2. The molecule has 0 unspecified atom stereocenters. The minimum atomic E-state index is -4.17. The van der Waals surface area contributed by atoms with Crippen molar-refractivity contribution >= 4 is 50.7 Å². The quantitative estimate of drug-likeness (QED) is 0.266. The van der Waals surface area contributed by atoms with Gasteiger partial charge in [0.2, 0.25) is 11.8 Å². The molecular formula is C30H35Cl2N3O4S. The summed E-state index contributed by atoms with van der Waals surface area (Å²) in [4.78, 5) is 28.9. The van der Waals surface area contributed by atoms with Gasteiger partial charge < -0.3 is 10.2 Å². The van der Waals surface area contributed by atoms with E-state index in [0.29, 0.717) is 22.0 Å². The van der Waals surface area contributed by atoms with Crippen LogP contribution in [0.25, 0.3) is 0 Å². The van der Waals surface area contributed by atoms with E-state index in [1.54, 1.807) is 61.5 Å². The van der Waals surface area contributed by atoms with E-state index in [9.17, 15) is 18.0 Å². The van der Waals surface area contributed by atoms with Crippen LogP contribution in [0.1, 0.15) is 44.7 Å². The number of nitrogens with zero attached hydrogens (tertiary/aromatic N) is 2. The second-order valence-corrected chi connectivity index (χ2v) is 12.3. The summed E-state index contributed by atoms with van der Waals surface area (Å²) >= 11 is 12.8. The lowest BCUT2D eigenvalue weighted by Crippen LogP contribution is -2.53. The van der Waals surface area contributed by atoms with Crippen molar-refractivity contribution in [3.8, 4) is 0 Å². The lowest BCUT2D eigenvalue weighted by molar-refractivity contribution is -0.140. The number of amides is 2. The van der Waals surface area contributed by atoms with Gasteiger partial charge in [-0.15, -0.1) is 0 Å². The molecule has 1 N–H and O–H groups in total. The van der Waals surface area contributed by atoms with E-state index in [1.807, 2.05) is 20.8 Å². The monoisotopic (exact) mass is 603 g/mol. The van der Waals surface area contributed by atoms with Crippen LogP contribution >= 0.6 is 23.2 Å². The van der Waals surface area contributed by atoms with E-state index in [2.05, 4.69) is 5.32 Å². The second-order valence-electron chi connectivity index (χ2n) is 9.61. The Kier molecular flexibility index (Phi) is 11.0. The first-order valence-corrected chi connectivity index (χ1v) is 15.4. The third-order valence-corrected chi connectivity index (χ3v) is 9.30. The molecule has 0 spiro atoms. The predicted octanol–water partition coefficient (Wildman–Crippen LogP) is 6.22. The highest BCUT2D eigenvalue weighted by atomic mass is 35.5. The van der Waals surface area contributed by atoms with Gasteiger partial charge in [-0.3, -0.25) is 13.9 Å². The summed E-state index contributed by atoms with van der Waals surface area (Å²) in [7, 11) is -4.17. The summed E-state index contributed by atoms with van der Waals surface area (Å²) in [6.07, 6.45) is 1.04. The van der Waals surface area contributed by atoms with Gasteiger partial charge in [-0.2, -0.15) is 0 Å². The van der Waals surface area contributed by atoms with Crippen LogP contribution < -0.4 is 9.62 Å². The fraction of sp³-hybridized carbons (Fsp3) is 0.333. The summed E-state index contributed by atoms with van der Waals surface area (Å²) < 4.78 is 28.8. The van der Waals surface area contributed by atoms with E-state index in [4.69, 9.17) is 23.2 Å². The SMILES string of the molecule is CC[C@@H](C)NC(=O)[C@H](CC)N(Cc1ccccc1Cl)C(=O)CN(c1ccc(C)c(Cl)c1)S(=O)(=O)c1ccccc1. The molecule has 2 atom stereocenters. The lowest BCUT2D eigenvalue weighted by Gasteiger charge is -2.34. The third kappa shape index (κ3) is 7.56. The van der Waals surface area contributed by atoms with Crippen molar-refractivity contribution in [3.63, 3.8) is 0 Å². The van der Waals surface area contributed by atoms with Crippen LogP contribution in [0.2, 0.25) is 10.0 Å². The molecule has 7 nitrogen and oxygen atoms in total. The molecule has 0 radical (unpaired) electrons. The van der Waals surface area contributed by atoms with Crippen molar-refractivity contribution in [2.45, 2.75) is 64.1 Å². The molecule has 214 valence electrons. The minimum Gasteiger partial charge on any atom is -0.352 e. The average Bonchev–Trinajstić information content (AvgIpc) is 2.94. The molecule has 0 aliphatic carbocycles. The van der Waals surface area contributed by atoms with Gasteiger partial charge in [0.25, 0.3) is 10.0 Å². The van der Waals surface area contributed by atoms with Gasteiger partial charge in [-0.25, -0.2) is 8.42 Å². The third-order valence-electron chi connectivity index (χ3n) is 6.74. The molecule has 3 aromatic rings. The molecular weight excluding hydrogens is 569 g/mol. The van der Waals surface area contributed by atoms with Gasteiger partial charge in [0.15, 0.2) is 0 Å². The zero-order chi connectivity index (χ0) is 29.4. The molecule has 10 heteroatoms. The number of anilines is 1. The molecule has 0 fully saturated rings. The van der Waals surface area contributed by atoms with Crippen LogP contribution in [-0.4, -0.2) is 43.8 Å². The lowest BCUT2D eigenvalue weighted by atomic mass is 10.1. The van der Waals surface area contributed by atoms with E-state index < -0.39 is 28.5 Å². The molecule has 40 heavy (non-hydrogen) atoms. The largest absolute Gasteiger partial charge is 0.352 e. The van der Waals surface area contributed by atoms with E-state index in [-0.39, 0.29) is 29.1 Å². The summed E-state index contributed by atoms with van der Waals surface area (Å²) in [5.74, 6) is -0.865. The topological polar surface area (TPSA) is 86.8 Å². The van der Waals surface area contributed by atoms with Crippen molar-refractivity contribution in [3.05, 3.63) is 94.0 Å². The van der Waals surface area contributed by atoms with Crippen LogP contribution in [0.5, 0.6) is 0 Å². The van der Waals surface area contributed by atoms with Crippen molar-refractivity contribution in [1.82, 2.24) is 10.2 Å². The summed E-state index contributed by atoms with van der Waals surface area (Å²) in [6.45, 7) is 6.94. The molecule has 0 aromatic heterocycles. The smallest absolute Gasteiger partial charge is 0.264 e. The van der Waals surface area contributed by atoms with Crippen LogP contribution in [0.15, 0.2) is 77.7 Å². The highest BCUT2D eigenvalue weighted by Gasteiger charge is 2.34. The van der Waals surface area contributed by atoms with Crippen molar-refractivity contribution in [2.24, 2.45) is 0 Å². The van der Waals surface area contributed by atoms with Gasteiger partial charge in [0, 0.05) is 22.6 Å². The van der Waals surface area contributed by atoms with Crippen LogP contribution in [0, 0.1) is 6.92 Å². The predicted molar refractivity (Wildman–Crippen MR) is 161 cm³/mol. The second kappa shape index (κ2) is 14.0. The van der Waals surface area contributed by atoms with Crippen LogP contribution in [0.3, 0.4) is 0 Å². The molecule has 0 aliphatic heterocycles. The van der Waals surface area contributed by atoms with Crippen molar-refractivity contribution in [1.29, 1.82) is 0 Å². The van der Waals surface area contributed by atoms with Crippen LogP contribution in [-0.2, 0) is 26.2 Å². The molecule has 0 saturated heterocycles. The zero-order valence-corrected chi connectivity index (χ0v) is 25.4. The molecule has 0 saturated carbocycles. The molecule has 2 amide bonds.